The van der Waals surface area contributed by atoms with E-state index in [0.717, 1.165) is 16.2 Å². The number of thiophene rings is 1. The van der Waals surface area contributed by atoms with Gasteiger partial charge < -0.3 is 20.1 Å². The lowest BCUT2D eigenvalue weighted by Gasteiger charge is -2.27. The Hall–Kier alpha value is -2.99. The van der Waals surface area contributed by atoms with Gasteiger partial charge >= 0.3 is 6.09 Å². The van der Waals surface area contributed by atoms with Crippen molar-refractivity contribution in [2.75, 3.05) is 49.2 Å². The van der Waals surface area contributed by atoms with E-state index in [1.807, 2.05) is 0 Å². The number of ether oxygens (including phenoxy) is 2. The molecule has 2 aromatic rings. The maximum absolute atomic E-state index is 12.9. The number of rotatable bonds is 7. The van der Waals surface area contributed by atoms with Gasteiger partial charge in [-0.3, -0.25) is 24.2 Å². The summed E-state index contributed by atoms with van der Waals surface area (Å²) in [6, 6.07) is 10.1. The normalized spacial score (nSPS) is 18.2. The highest BCUT2D eigenvalue weighted by Gasteiger charge is 2.36. The van der Waals surface area contributed by atoms with Crippen molar-refractivity contribution < 1.29 is 28.7 Å². The predicted octanol–water partition coefficient (Wildman–Crippen LogP) is 2.11. The Morgan fingerprint density at radius 2 is 1.82 bits per heavy atom. The SMILES string of the molecule is NCCC(=O)N(C[C@H]1CN(c2ccc(N3CCOCC3=O)cc2)C(=O)O1)C(=O)c1ccc(Cl)s1. The zero-order chi connectivity index (χ0) is 24.2. The van der Waals surface area contributed by atoms with Crippen LogP contribution >= 0.6 is 22.9 Å². The fourth-order valence-corrected chi connectivity index (χ4v) is 4.75. The van der Waals surface area contributed by atoms with Gasteiger partial charge in [0.1, 0.15) is 12.7 Å². The summed E-state index contributed by atoms with van der Waals surface area (Å²) in [6.07, 6.45) is -1.32. The molecule has 4 rings (SSSR count). The minimum atomic E-state index is -0.714. The molecule has 0 aliphatic carbocycles. The molecule has 4 amide bonds. The predicted molar refractivity (Wildman–Crippen MR) is 126 cm³/mol. The van der Waals surface area contributed by atoms with Crippen molar-refractivity contribution >= 4 is 58.1 Å². The van der Waals surface area contributed by atoms with Gasteiger partial charge in [-0.05, 0) is 36.4 Å². The summed E-state index contributed by atoms with van der Waals surface area (Å²) in [5.41, 5.74) is 6.80. The van der Waals surface area contributed by atoms with Gasteiger partial charge in [-0.15, -0.1) is 11.3 Å². The number of cyclic esters (lactones) is 1. The van der Waals surface area contributed by atoms with E-state index in [1.165, 1.54) is 4.90 Å². The summed E-state index contributed by atoms with van der Waals surface area (Å²) in [5, 5.41) is 0. The van der Waals surface area contributed by atoms with E-state index in [1.54, 1.807) is 41.3 Å². The molecule has 0 radical (unpaired) electrons. The maximum atomic E-state index is 12.9. The monoisotopic (exact) mass is 506 g/mol. The Bertz CT molecular complexity index is 1090. The molecule has 12 heteroatoms. The molecule has 2 aliphatic rings. The third-order valence-electron chi connectivity index (χ3n) is 5.41. The first kappa shape index (κ1) is 24.1. The molecule has 2 N–H and O–H groups in total. The largest absolute Gasteiger partial charge is 0.442 e. The lowest BCUT2D eigenvalue weighted by Crippen LogP contribution is -2.43. The van der Waals surface area contributed by atoms with Crippen molar-refractivity contribution in [2.24, 2.45) is 5.73 Å². The summed E-state index contributed by atoms with van der Waals surface area (Å²) < 4.78 is 11.0. The van der Waals surface area contributed by atoms with Gasteiger partial charge in [0.2, 0.25) is 5.91 Å². The number of nitrogens with two attached hydrogens (primary N) is 1. The number of amides is 4. The van der Waals surface area contributed by atoms with Gasteiger partial charge in [0.25, 0.3) is 11.8 Å². The Kier molecular flexibility index (Phi) is 7.47. The molecule has 34 heavy (non-hydrogen) atoms. The first-order valence-electron chi connectivity index (χ1n) is 10.6. The minimum absolute atomic E-state index is 0.0169. The molecule has 0 unspecified atom stereocenters. The van der Waals surface area contributed by atoms with E-state index >= 15 is 0 Å². The Balaban J connectivity index is 1.45. The molecule has 1 atom stereocenters. The summed E-state index contributed by atoms with van der Waals surface area (Å²) in [7, 11) is 0. The smallest absolute Gasteiger partial charge is 0.414 e. The van der Waals surface area contributed by atoms with Gasteiger partial charge in [-0.25, -0.2) is 4.79 Å². The maximum Gasteiger partial charge on any atom is 0.414 e. The number of carbonyl (C=O) groups excluding carboxylic acids is 4. The van der Waals surface area contributed by atoms with Crippen LogP contribution in [0, 0.1) is 0 Å². The molecule has 2 saturated heterocycles. The fraction of sp³-hybridized carbons (Fsp3) is 0.364. The lowest BCUT2D eigenvalue weighted by atomic mass is 10.2. The van der Waals surface area contributed by atoms with Crippen LogP contribution in [0.3, 0.4) is 0 Å². The molecule has 1 aromatic heterocycles. The van der Waals surface area contributed by atoms with Crippen LogP contribution in [0.15, 0.2) is 36.4 Å². The standard InChI is InChI=1S/C22H23ClN4O6S/c23-18-6-5-17(34-18)21(30)27(19(28)7-8-24)12-16-11-26(22(31)33-16)15-3-1-14(2-4-15)25-9-10-32-13-20(25)29/h1-6,16H,7-13,24H2/t16-/m1/s1. The first-order valence-corrected chi connectivity index (χ1v) is 11.8. The Morgan fingerprint density at radius 3 is 2.44 bits per heavy atom. The number of nitrogens with zero attached hydrogens (tertiary/aromatic N) is 3. The zero-order valence-corrected chi connectivity index (χ0v) is 19.7. The highest BCUT2D eigenvalue weighted by molar-refractivity contribution is 7.18. The summed E-state index contributed by atoms with van der Waals surface area (Å²) in [5.74, 6) is -1.09. The van der Waals surface area contributed by atoms with Crippen molar-refractivity contribution in [3.05, 3.63) is 45.6 Å². The number of carbonyl (C=O) groups is 4. The second-order valence-electron chi connectivity index (χ2n) is 7.68. The number of hydrogen-bond donors (Lipinski definition) is 1. The van der Waals surface area contributed by atoms with Crippen LogP contribution in [0.4, 0.5) is 16.2 Å². The van der Waals surface area contributed by atoms with E-state index < -0.39 is 24.0 Å². The number of anilines is 2. The Morgan fingerprint density at radius 1 is 1.12 bits per heavy atom. The van der Waals surface area contributed by atoms with E-state index in [-0.39, 0.29) is 38.6 Å². The lowest BCUT2D eigenvalue weighted by molar-refractivity contribution is -0.129. The molecule has 2 aliphatic heterocycles. The highest BCUT2D eigenvalue weighted by Crippen LogP contribution is 2.27. The topological polar surface area (TPSA) is 122 Å². The van der Waals surface area contributed by atoms with Gasteiger partial charge in [0.05, 0.1) is 28.9 Å². The number of hydrogen-bond acceptors (Lipinski definition) is 8. The van der Waals surface area contributed by atoms with Crippen LogP contribution in [0.1, 0.15) is 16.1 Å². The van der Waals surface area contributed by atoms with Crippen molar-refractivity contribution in [2.45, 2.75) is 12.5 Å². The molecule has 10 nitrogen and oxygen atoms in total. The van der Waals surface area contributed by atoms with E-state index in [9.17, 15) is 19.2 Å². The quantitative estimate of drug-likeness (QED) is 0.610. The molecular formula is C22H23ClN4O6S. The van der Waals surface area contributed by atoms with E-state index in [4.69, 9.17) is 26.8 Å². The average molecular weight is 507 g/mol. The molecule has 2 fully saturated rings. The van der Waals surface area contributed by atoms with Crippen molar-refractivity contribution in [3.63, 3.8) is 0 Å². The minimum Gasteiger partial charge on any atom is -0.442 e. The van der Waals surface area contributed by atoms with Crippen molar-refractivity contribution in [1.82, 2.24) is 4.90 Å². The number of benzene rings is 1. The van der Waals surface area contributed by atoms with Crippen LogP contribution in [0.2, 0.25) is 4.34 Å². The van der Waals surface area contributed by atoms with E-state index in [0.29, 0.717) is 33.7 Å². The van der Waals surface area contributed by atoms with Crippen LogP contribution in [0.5, 0.6) is 0 Å². The molecule has 0 spiro atoms. The van der Waals surface area contributed by atoms with Crippen LogP contribution in [-0.4, -0.2) is 74.2 Å². The summed E-state index contributed by atoms with van der Waals surface area (Å²) in [4.78, 5) is 54.5. The van der Waals surface area contributed by atoms with Gasteiger partial charge in [0, 0.05) is 30.9 Å². The molecule has 180 valence electrons. The van der Waals surface area contributed by atoms with Gasteiger partial charge in [0.15, 0.2) is 0 Å². The highest BCUT2D eigenvalue weighted by atomic mass is 35.5. The second-order valence-corrected chi connectivity index (χ2v) is 9.40. The third kappa shape index (κ3) is 5.22. The van der Waals surface area contributed by atoms with Crippen LogP contribution in [-0.2, 0) is 19.1 Å². The van der Waals surface area contributed by atoms with Crippen LogP contribution < -0.4 is 15.5 Å². The number of imide groups is 1. The average Bonchev–Trinajstić information content (AvgIpc) is 3.43. The number of morpholine rings is 1. The molecule has 3 heterocycles. The van der Waals surface area contributed by atoms with Crippen molar-refractivity contribution in [1.29, 1.82) is 0 Å². The molecule has 0 saturated carbocycles. The molecule has 1 aromatic carbocycles. The first-order chi connectivity index (χ1) is 16.4. The van der Waals surface area contributed by atoms with Gasteiger partial charge in [-0.1, -0.05) is 11.6 Å². The number of halogens is 1. The third-order valence-corrected chi connectivity index (χ3v) is 6.63. The van der Waals surface area contributed by atoms with E-state index in [2.05, 4.69) is 0 Å². The Labute approximate surface area is 204 Å². The van der Waals surface area contributed by atoms with Crippen molar-refractivity contribution in [3.8, 4) is 0 Å². The molecular weight excluding hydrogens is 484 g/mol. The summed E-state index contributed by atoms with van der Waals surface area (Å²) in [6.45, 7) is 1.10. The zero-order valence-electron chi connectivity index (χ0n) is 18.1. The van der Waals surface area contributed by atoms with Crippen LogP contribution in [0.25, 0.3) is 0 Å². The molecule has 0 bridgehead atoms. The summed E-state index contributed by atoms with van der Waals surface area (Å²) >= 11 is 7.00. The van der Waals surface area contributed by atoms with Gasteiger partial charge in [-0.2, -0.15) is 0 Å². The second kappa shape index (κ2) is 10.5. The fourth-order valence-electron chi connectivity index (χ4n) is 3.75.